The number of rotatable bonds is 5. The van der Waals surface area contributed by atoms with Gasteiger partial charge < -0.3 is 5.32 Å². The highest BCUT2D eigenvalue weighted by molar-refractivity contribution is 8.01. The minimum Gasteiger partial charge on any atom is -0.310 e. The van der Waals surface area contributed by atoms with Gasteiger partial charge in [-0.05, 0) is 29.2 Å². The van der Waals surface area contributed by atoms with Crippen molar-refractivity contribution in [2.75, 3.05) is 0 Å². The van der Waals surface area contributed by atoms with Crippen molar-refractivity contribution in [2.45, 2.75) is 35.7 Å². The van der Waals surface area contributed by atoms with Gasteiger partial charge in [0.15, 0.2) is 4.34 Å². The van der Waals surface area contributed by atoms with Crippen molar-refractivity contribution in [1.29, 1.82) is 5.26 Å². The first-order valence-corrected chi connectivity index (χ1v) is 7.49. The molecule has 1 N–H and O–H groups in total. The Bertz CT molecular complexity index is 573. The zero-order valence-corrected chi connectivity index (χ0v) is 12.4. The van der Waals surface area contributed by atoms with Crippen LogP contribution >= 0.6 is 23.3 Å². The topological polar surface area (TPSA) is 61.6 Å². The highest BCUT2D eigenvalue weighted by atomic mass is 32.2. The number of benzene rings is 1. The van der Waals surface area contributed by atoms with Gasteiger partial charge in [-0.15, -0.1) is 0 Å². The van der Waals surface area contributed by atoms with Crippen molar-refractivity contribution in [2.24, 2.45) is 0 Å². The van der Waals surface area contributed by atoms with Crippen molar-refractivity contribution in [3.8, 4) is 6.07 Å². The summed E-state index contributed by atoms with van der Waals surface area (Å²) >= 11 is 2.82. The van der Waals surface area contributed by atoms with E-state index in [1.165, 1.54) is 29.6 Å². The quantitative estimate of drug-likeness (QED) is 0.917. The Morgan fingerprint density at radius 1 is 1.47 bits per heavy atom. The molecule has 0 amide bonds. The molecule has 1 aromatic heterocycles. The van der Waals surface area contributed by atoms with E-state index in [4.69, 9.17) is 0 Å². The van der Waals surface area contributed by atoms with Crippen LogP contribution in [0, 0.1) is 11.3 Å². The lowest BCUT2D eigenvalue weighted by atomic mass is 10.1. The summed E-state index contributed by atoms with van der Waals surface area (Å²) in [6.07, 6.45) is 1.53. The van der Waals surface area contributed by atoms with Crippen LogP contribution in [0.5, 0.6) is 0 Å². The van der Waals surface area contributed by atoms with E-state index in [1.54, 1.807) is 0 Å². The molecular formula is C13H14N4S2. The molecular weight excluding hydrogens is 276 g/mol. The summed E-state index contributed by atoms with van der Waals surface area (Å²) in [6.45, 7) is 4.98. The fourth-order valence-electron chi connectivity index (χ4n) is 1.49. The Morgan fingerprint density at radius 2 is 2.32 bits per heavy atom. The summed E-state index contributed by atoms with van der Waals surface area (Å²) in [5.74, 6) is 0. The molecule has 0 radical (unpaired) electrons. The molecule has 2 aromatic rings. The molecule has 19 heavy (non-hydrogen) atoms. The summed E-state index contributed by atoms with van der Waals surface area (Å²) in [5, 5.41) is 12.6. The lowest BCUT2D eigenvalue weighted by Crippen LogP contribution is -2.21. The molecule has 1 aromatic carbocycles. The molecule has 0 spiro atoms. The third-order valence-corrected chi connectivity index (χ3v) is 4.21. The summed E-state index contributed by atoms with van der Waals surface area (Å²) in [5.41, 5.74) is 1.80. The van der Waals surface area contributed by atoms with E-state index >= 15 is 0 Å². The highest BCUT2D eigenvalue weighted by Gasteiger charge is 2.08. The van der Waals surface area contributed by atoms with Gasteiger partial charge in [-0.3, -0.25) is 0 Å². The molecule has 0 unspecified atom stereocenters. The van der Waals surface area contributed by atoms with Crippen LogP contribution in [0.3, 0.4) is 0 Å². The standard InChI is InChI=1S/C13H14N4S2/c1-9(2)15-7-10-3-4-12(11(5-10)6-14)18-13-16-8-17-19-13/h3-5,8-9,15H,7H2,1-2H3. The minimum absolute atomic E-state index is 0.431. The Balaban J connectivity index is 2.15. The molecule has 1 heterocycles. The molecule has 0 atom stereocenters. The van der Waals surface area contributed by atoms with E-state index in [0.717, 1.165) is 21.3 Å². The predicted octanol–water partition coefficient (Wildman–Crippen LogP) is 3.06. The van der Waals surface area contributed by atoms with Gasteiger partial charge in [0.05, 0.1) is 5.56 Å². The maximum Gasteiger partial charge on any atom is 0.174 e. The zero-order chi connectivity index (χ0) is 13.7. The third kappa shape index (κ3) is 4.03. The second-order valence-corrected chi connectivity index (χ2v) is 6.36. The zero-order valence-electron chi connectivity index (χ0n) is 10.8. The van der Waals surface area contributed by atoms with Crippen LogP contribution < -0.4 is 5.32 Å². The first kappa shape index (κ1) is 14.0. The largest absolute Gasteiger partial charge is 0.310 e. The molecule has 0 fully saturated rings. The molecule has 4 nitrogen and oxygen atoms in total. The van der Waals surface area contributed by atoms with Gasteiger partial charge in [-0.2, -0.15) is 9.64 Å². The number of nitriles is 1. The third-order valence-electron chi connectivity index (χ3n) is 2.42. The van der Waals surface area contributed by atoms with Gasteiger partial charge in [0.2, 0.25) is 0 Å². The fraction of sp³-hybridized carbons (Fsp3) is 0.308. The van der Waals surface area contributed by atoms with E-state index in [1.807, 2.05) is 18.2 Å². The average molecular weight is 290 g/mol. The Morgan fingerprint density at radius 3 is 2.95 bits per heavy atom. The van der Waals surface area contributed by atoms with Gasteiger partial charge >= 0.3 is 0 Å². The van der Waals surface area contributed by atoms with Crippen molar-refractivity contribution in [3.05, 3.63) is 35.7 Å². The summed E-state index contributed by atoms with van der Waals surface area (Å²) in [7, 11) is 0. The van der Waals surface area contributed by atoms with Crippen LogP contribution in [0.2, 0.25) is 0 Å². The van der Waals surface area contributed by atoms with Crippen LogP contribution in [0.25, 0.3) is 0 Å². The smallest absolute Gasteiger partial charge is 0.174 e. The number of hydrogen-bond donors (Lipinski definition) is 1. The summed E-state index contributed by atoms with van der Waals surface area (Å²) < 4.78 is 4.81. The highest BCUT2D eigenvalue weighted by Crippen LogP contribution is 2.31. The van der Waals surface area contributed by atoms with E-state index < -0.39 is 0 Å². The Kier molecular flexibility index (Phi) is 4.91. The SMILES string of the molecule is CC(C)NCc1ccc(Sc2ncns2)c(C#N)c1. The lowest BCUT2D eigenvalue weighted by Gasteiger charge is -2.09. The van der Waals surface area contributed by atoms with E-state index in [9.17, 15) is 5.26 Å². The first-order valence-electron chi connectivity index (χ1n) is 5.90. The van der Waals surface area contributed by atoms with Crippen molar-refractivity contribution < 1.29 is 0 Å². The summed E-state index contributed by atoms with van der Waals surface area (Å²) in [6, 6.07) is 8.62. The van der Waals surface area contributed by atoms with Crippen LogP contribution in [-0.2, 0) is 6.54 Å². The molecule has 0 saturated carbocycles. The van der Waals surface area contributed by atoms with Gasteiger partial charge in [-0.1, -0.05) is 31.7 Å². The van der Waals surface area contributed by atoms with Gasteiger partial charge in [0.1, 0.15) is 12.4 Å². The maximum atomic E-state index is 9.23. The lowest BCUT2D eigenvalue weighted by molar-refractivity contribution is 0.588. The molecule has 98 valence electrons. The van der Waals surface area contributed by atoms with Crippen LogP contribution in [-0.4, -0.2) is 15.4 Å². The van der Waals surface area contributed by atoms with Gasteiger partial charge in [0, 0.05) is 17.5 Å². The average Bonchev–Trinajstić information content (AvgIpc) is 2.90. The van der Waals surface area contributed by atoms with Crippen LogP contribution in [0.4, 0.5) is 0 Å². The number of aromatic nitrogens is 2. The van der Waals surface area contributed by atoms with Crippen molar-refractivity contribution >= 4 is 23.3 Å². The molecule has 0 bridgehead atoms. The van der Waals surface area contributed by atoms with Gasteiger partial charge in [0.25, 0.3) is 0 Å². The molecule has 0 aliphatic carbocycles. The molecule has 0 saturated heterocycles. The van der Waals surface area contributed by atoms with Crippen molar-refractivity contribution in [1.82, 2.24) is 14.7 Å². The van der Waals surface area contributed by atoms with E-state index in [2.05, 4.69) is 34.6 Å². The van der Waals surface area contributed by atoms with Crippen LogP contribution in [0.15, 0.2) is 33.8 Å². The molecule has 2 rings (SSSR count). The molecule has 0 aliphatic heterocycles. The molecule has 0 aliphatic rings. The summed E-state index contributed by atoms with van der Waals surface area (Å²) in [4.78, 5) is 5.04. The van der Waals surface area contributed by atoms with Gasteiger partial charge in [-0.25, -0.2) is 4.98 Å². The second kappa shape index (κ2) is 6.66. The van der Waals surface area contributed by atoms with Crippen molar-refractivity contribution in [3.63, 3.8) is 0 Å². The van der Waals surface area contributed by atoms with E-state index in [0.29, 0.717) is 11.6 Å². The van der Waals surface area contributed by atoms with E-state index in [-0.39, 0.29) is 0 Å². The number of hydrogen-bond acceptors (Lipinski definition) is 6. The number of nitrogens with one attached hydrogen (secondary N) is 1. The maximum absolute atomic E-state index is 9.23. The number of nitrogens with zero attached hydrogens (tertiary/aromatic N) is 3. The predicted molar refractivity (Wildman–Crippen MR) is 77.2 cm³/mol. The first-order chi connectivity index (χ1) is 9.19. The molecule has 6 heteroatoms. The minimum atomic E-state index is 0.431. The van der Waals surface area contributed by atoms with Crippen LogP contribution in [0.1, 0.15) is 25.0 Å². The second-order valence-electron chi connectivity index (χ2n) is 4.29. The Hall–Kier alpha value is -1.42. The monoisotopic (exact) mass is 290 g/mol. The fourth-order valence-corrected chi connectivity index (χ4v) is 2.95. The normalized spacial score (nSPS) is 10.6. The Labute approximate surface area is 121 Å².